The molecular formula is C13H13NO2. The second-order valence-electron chi connectivity index (χ2n) is 3.60. The molecule has 0 atom stereocenters. The second kappa shape index (κ2) is 4.23. The second-order valence-corrected chi connectivity index (χ2v) is 3.60. The molecule has 0 amide bonds. The van der Waals surface area contributed by atoms with Gasteiger partial charge >= 0.3 is 0 Å². The Bertz CT molecular complexity index is 514. The molecule has 2 aromatic rings. The molecule has 3 heteroatoms. The van der Waals surface area contributed by atoms with E-state index < -0.39 is 0 Å². The fourth-order valence-corrected chi connectivity index (χ4v) is 1.70. The van der Waals surface area contributed by atoms with Crippen molar-refractivity contribution in [3.8, 4) is 11.4 Å². The van der Waals surface area contributed by atoms with Crippen LogP contribution in [-0.4, -0.2) is 18.0 Å². The number of aryl methyl sites for hydroxylation is 1. The zero-order chi connectivity index (χ0) is 11.5. The molecule has 0 saturated carbocycles. The Labute approximate surface area is 94.3 Å². The van der Waals surface area contributed by atoms with Crippen molar-refractivity contribution in [1.82, 2.24) is 4.57 Å². The zero-order valence-corrected chi connectivity index (χ0v) is 9.31. The van der Waals surface area contributed by atoms with Crippen molar-refractivity contribution >= 4 is 6.29 Å². The van der Waals surface area contributed by atoms with Gasteiger partial charge in [-0.3, -0.25) is 4.79 Å². The summed E-state index contributed by atoms with van der Waals surface area (Å²) in [7, 11) is 1.62. The van der Waals surface area contributed by atoms with Crippen LogP contribution in [0.25, 0.3) is 5.69 Å². The zero-order valence-electron chi connectivity index (χ0n) is 9.31. The molecule has 16 heavy (non-hydrogen) atoms. The molecule has 1 heterocycles. The third kappa shape index (κ3) is 1.72. The molecule has 0 saturated heterocycles. The Hall–Kier alpha value is -2.03. The van der Waals surface area contributed by atoms with E-state index in [1.54, 1.807) is 13.2 Å². The van der Waals surface area contributed by atoms with Gasteiger partial charge in [-0.1, -0.05) is 6.07 Å². The number of carbonyl (C=O) groups excluding carboxylic acids is 1. The highest BCUT2D eigenvalue weighted by Crippen LogP contribution is 2.25. The number of rotatable bonds is 3. The van der Waals surface area contributed by atoms with Crippen LogP contribution in [0.5, 0.6) is 5.75 Å². The third-order valence-corrected chi connectivity index (χ3v) is 2.49. The highest BCUT2D eigenvalue weighted by molar-refractivity contribution is 5.74. The maximum Gasteiger partial charge on any atom is 0.166 e. The first-order valence-electron chi connectivity index (χ1n) is 5.04. The van der Waals surface area contributed by atoms with E-state index in [1.807, 2.05) is 42.0 Å². The number of aldehydes is 1. The molecule has 0 aliphatic heterocycles. The fraction of sp³-hybridized carbons (Fsp3) is 0.154. The highest BCUT2D eigenvalue weighted by Gasteiger charge is 2.08. The number of carbonyl (C=O) groups is 1. The Balaban J connectivity index is 2.62. The minimum Gasteiger partial charge on any atom is -0.495 e. The molecule has 0 aliphatic rings. The van der Waals surface area contributed by atoms with E-state index in [-0.39, 0.29) is 0 Å². The summed E-state index contributed by atoms with van der Waals surface area (Å²) in [6, 6.07) is 9.48. The molecule has 3 nitrogen and oxygen atoms in total. The summed E-state index contributed by atoms with van der Waals surface area (Å²) in [4.78, 5) is 10.9. The average molecular weight is 215 g/mol. The van der Waals surface area contributed by atoms with Crippen molar-refractivity contribution in [1.29, 1.82) is 0 Å². The molecule has 0 N–H and O–H groups in total. The van der Waals surface area contributed by atoms with Crippen LogP contribution in [0.15, 0.2) is 36.5 Å². The summed E-state index contributed by atoms with van der Waals surface area (Å²) in [6.07, 6.45) is 2.68. The topological polar surface area (TPSA) is 31.2 Å². The molecule has 0 aliphatic carbocycles. The van der Waals surface area contributed by atoms with E-state index >= 15 is 0 Å². The van der Waals surface area contributed by atoms with Crippen molar-refractivity contribution < 1.29 is 9.53 Å². The maximum atomic E-state index is 10.9. The standard InChI is InChI=1S/C13H13NO2/c1-10-5-6-13(16-2)12(8-10)14-7-3-4-11(14)9-15/h3-9H,1-2H3. The first kappa shape index (κ1) is 10.5. The third-order valence-electron chi connectivity index (χ3n) is 2.49. The Morgan fingerprint density at radius 3 is 2.81 bits per heavy atom. The number of benzene rings is 1. The minimum atomic E-state index is 0.615. The molecule has 1 aromatic heterocycles. The van der Waals surface area contributed by atoms with Crippen molar-refractivity contribution in [2.24, 2.45) is 0 Å². The molecule has 2 rings (SSSR count). The summed E-state index contributed by atoms with van der Waals surface area (Å²) >= 11 is 0. The maximum absolute atomic E-state index is 10.9. The predicted octanol–water partition coefficient (Wildman–Crippen LogP) is 2.61. The smallest absolute Gasteiger partial charge is 0.166 e. The minimum absolute atomic E-state index is 0.615. The van der Waals surface area contributed by atoms with E-state index in [0.29, 0.717) is 5.69 Å². The van der Waals surface area contributed by atoms with E-state index in [1.165, 1.54) is 0 Å². The summed E-state index contributed by atoms with van der Waals surface area (Å²) < 4.78 is 7.11. The van der Waals surface area contributed by atoms with Gasteiger partial charge in [0.2, 0.25) is 0 Å². The first-order valence-corrected chi connectivity index (χ1v) is 5.04. The Morgan fingerprint density at radius 2 is 2.12 bits per heavy atom. The summed E-state index contributed by atoms with van der Waals surface area (Å²) in [5.41, 5.74) is 2.62. The molecule has 0 bridgehead atoms. The van der Waals surface area contributed by atoms with Crippen LogP contribution in [0.4, 0.5) is 0 Å². The van der Waals surface area contributed by atoms with E-state index in [0.717, 1.165) is 23.3 Å². The first-order chi connectivity index (χ1) is 7.76. The predicted molar refractivity (Wildman–Crippen MR) is 62.4 cm³/mol. The molecule has 0 unspecified atom stereocenters. The highest BCUT2D eigenvalue weighted by atomic mass is 16.5. The number of hydrogen-bond donors (Lipinski definition) is 0. The van der Waals surface area contributed by atoms with Crippen LogP contribution >= 0.6 is 0 Å². The van der Waals surface area contributed by atoms with Gasteiger partial charge in [0.1, 0.15) is 5.75 Å². The van der Waals surface area contributed by atoms with E-state index in [9.17, 15) is 4.79 Å². The molecule has 0 fully saturated rings. The lowest BCUT2D eigenvalue weighted by Crippen LogP contribution is -2.00. The van der Waals surface area contributed by atoms with Crippen molar-refractivity contribution in [2.75, 3.05) is 7.11 Å². The van der Waals surface area contributed by atoms with Crippen LogP contribution in [0.1, 0.15) is 16.1 Å². The van der Waals surface area contributed by atoms with Gasteiger partial charge in [0.15, 0.2) is 6.29 Å². The van der Waals surface area contributed by atoms with Crippen LogP contribution in [0.3, 0.4) is 0 Å². The lowest BCUT2D eigenvalue weighted by Gasteiger charge is -2.11. The summed E-state index contributed by atoms with van der Waals surface area (Å²) in [5.74, 6) is 0.755. The van der Waals surface area contributed by atoms with Gasteiger partial charge in [0, 0.05) is 6.20 Å². The van der Waals surface area contributed by atoms with Crippen molar-refractivity contribution in [3.63, 3.8) is 0 Å². The number of aromatic nitrogens is 1. The number of ether oxygens (including phenoxy) is 1. The normalized spacial score (nSPS) is 10.1. The molecule has 82 valence electrons. The van der Waals surface area contributed by atoms with Crippen LogP contribution < -0.4 is 4.74 Å². The Kier molecular flexibility index (Phi) is 2.77. The van der Waals surface area contributed by atoms with Gasteiger partial charge in [-0.15, -0.1) is 0 Å². The van der Waals surface area contributed by atoms with Gasteiger partial charge in [-0.25, -0.2) is 0 Å². The summed E-state index contributed by atoms with van der Waals surface area (Å²) in [5, 5.41) is 0. The largest absolute Gasteiger partial charge is 0.495 e. The van der Waals surface area contributed by atoms with Gasteiger partial charge in [0.05, 0.1) is 18.5 Å². The molecule has 1 aromatic carbocycles. The monoisotopic (exact) mass is 215 g/mol. The number of hydrogen-bond acceptors (Lipinski definition) is 2. The molecule has 0 spiro atoms. The van der Waals surface area contributed by atoms with Gasteiger partial charge in [-0.05, 0) is 36.8 Å². The molecular weight excluding hydrogens is 202 g/mol. The number of nitrogens with zero attached hydrogens (tertiary/aromatic N) is 1. The van der Waals surface area contributed by atoms with Crippen molar-refractivity contribution in [3.05, 3.63) is 47.8 Å². The van der Waals surface area contributed by atoms with E-state index in [2.05, 4.69) is 0 Å². The lowest BCUT2D eigenvalue weighted by molar-refractivity contribution is 0.111. The van der Waals surface area contributed by atoms with Crippen molar-refractivity contribution in [2.45, 2.75) is 6.92 Å². The van der Waals surface area contributed by atoms with Gasteiger partial charge in [-0.2, -0.15) is 0 Å². The van der Waals surface area contributed by atoms with Gasteiger partial charge in [0.25, 0.3) is 0 Å². The lowest BCUT2D eigenvalue weighted by atomic mass is 10.2. The van der Waals surface area contributed by atoms with Crippen LogP contribution in [-0.2, 0) is 0 Å². The van der Waals surface area contributed by atoms with Crippen LogP contribution in [0.2, 0.25) is 0 Å². The van der Waals surface area contributed by atoms with Crippen LogP contribution in [0, 0.1) is 6.92 Å². The quantitative estimate of drug-likeness (QED) is 0.737. The van der Waals surface area contributed by atoms with Gasteiger partial charge < -0.3 is 9.30 Å². The Morgan fingerprint density at radius 1 is 1.31 bits per heavy atom. The summed E-state index contributed by atoms with van der Waals surface area (Å²) in [6.45, 7) is 2.01. The fourth-order valence-electron chi connectivity index (χ4n) is 1.70. The van der Waals surface area contributed by atoms with E-state index in [4.69, 9.17) is 4.74 Å². The molecule has 0 radical (unpaired) electrons. The SMILES string of the molecule is COc1ccc(C)cc1-n1cccc1C=O. The number of methoxy groups -OCH3 is 1. The average Bonchev–Trinajstić information content (AvgIpc) is 2.76.